The second-order valence-corrected chi connectivity index (χ2v) is 7.71. The Bertz CT molecular complexity index is 359. The summed E-state index contributed by atoms with van der Waals surface area (Å²) in [6.45, 7) is 4.61. The first-order valence-corrected chi connectivity index (χ1v) is 9.45. The third-order valence-electron chi connectivity index (χ3n) is 5.98. The van der Waals surface area contributed by atoms with Crippen LogP contribution >= 0.6 is 0 Å². The SMILES string of the molecule is CN1CCC(N2CCC[C@H](C(=O)NC3CCCCC3)C2)CC1. The van der Waals surface area contributed by atoms with Gasteiger partial charge in [-0.1, -0.05) is 19.3 Å². The Kier molecular flexibility index (Phi) is 5.75. The fourth-order valence-electron chi connectivity index (χ4n) is 4.48. The summed E-state index contributed by atoms with van der Waals surface area (Å²) in [5, 5.41) is 3.35. The molecular formula is C18H33N3O. The molecule has 4 heteroatoms. The molecule has 1 saturated carbocycles. The minimum Gasteiger partial charge on any atom is -0.353 e. The van der Waals surface area contributed by atoms with Crippen molar-refractivity contribution in [3.8, 4) is 0 Å². The lowest BCUT2D eigenvalue weighted by atomic mass is 9.91. The minimum atomic E-state index is 0.232. The highest BCUT2D eigenvalue weighted by atomic mass is 16.2. The lowest BCUT2D eigenvalue weighted by molar-refractivity contribution is -0.128. The number of hydrogen-bond acceptors (Lipinski definition) is 3. The highest BCUT2D eigenvalue weighted by molar-refractivity contribution is 5.79. The largest absolute Gasteiger partial charge is 0.353 e. The van der Waals surface area contributed by atoms with Crippen molar-refractivity contribution in [2.75, 3.05) is 33.2 Å². The number of hydrogen-bond donors (Lipinski definition) is 1. The van der Waals surface area contributed by atoms with E-state index in [9.17, 15) is 4.79 Å². The van der Waals surface area contributed by atoms with Gasteiger partial charge in [-0.05, 0) is 65.2 Å². The van der Waals surface area contributed by atoms with E-state index in [0.29, 0.717) is 18.0 Å². The number of piperidine rings is 2. The average Bonchev–Trinajstić information content (AvgIpc) is 2.56. The van der Waals surface area contributed by atoms with E-state index >= 15 is 0 Å². The molecule has 3 fully saturated rings. The predicted molar refractivity (Wildman–Crippen MR) is 89.8 cm³/mol. The molecule has 1 N–H and O–H groups in total. The maximum atomic E-state index is 12.6. The number of amides is 1. The van der Waals surface area contributed by atoms with Crippen molar-refractivity contribution in [2.45, 2.75) is 69.9 Å². The molecule has 126 valence electrons. The highest BCUT2D eigenvalue weighted by Crippen LogP contribution is 2.24. The number of nitrogens with zero attached hydrogens (tertiary/aromatic N) is 2. The Balaban J connectivity index is 1.48. The standard InChI is InChI=1S/C18H33N3O/c1-20-12-9-17(10-13-20)21-11-5-6-15(14-21)18(22)19-16-7-3-2-4-8-16/h15-17H,2-14H2,1H3,(H,19,22)/t15-/m0/s1. The quantitative estimate of drug-likeness (QED) is 0.868. The maximum absolute atomic E-state index is 12.6. The van der Waals surface area contributed by atoms with E-state index in [-0.39, 0.29) is 5.92 Å². The lowest BCUT2D eigenvalue weighted by Gasteiger charge is -2.41. The van der Waals surface area contributed by atoms with E-state index in [1.165, 1.54) is 71.0 Å². The maximum Gasteiger partial charge on any atom is 0.224 e. The molecule has 4 nitrogen and oxygen atoms in total. The molecular weight excluding hydrogens is 274 g/mol. The molecule has 0 spiro atoms. The van der Waals surface area contributed by atoms with Crippen molar-refractivity contribution in [1.82, 2.24) is 15.1 Å². The lowest BCUT2D eigenvalue weighted by Crippen LogP contribution is -2.51. The zero-order valence-corrected chi connectivity index (χ0v) is 14.2. The Morgan fingerprint density at radius 2 is 1.64 bits per heavy atom. The van der Waals surface area contributed by atoms with Gasteiger partial charge in [0, 0.05) is 18.6 Å². The van der Waals surface area contributed by atoms with Crippen molar-refractivity contribution in [1.29, 1.82) is 0 Å². The van der Waals surface area contributed by atoms with Crippen LogP contribution in [0.2, 0.25) is 0 Å². The minimum absolute atomic E-state index is 0.232. The van der Waals surface area contributed by atoms with Crippen LogP contribution in [0.15, 0.2) is 0 Å². The van der Waals surface area contributed by atoms with Crippen molar-refractivity contribution in [3.05, 3.63) is 0 Å². The second-order valence-electron chi connectivity index (χ2n) is 7.71. The molecule has 0 aromatic carbocycles. The van der Waals surface area contributed by atoms with Crippen LogP contribution in [0.4, 0.5) is 0 Å². The first-order chi connectivity index (χ1) is 10.7. The average molecular weight is 307 g/mol. The van der Waals surface area contributed by atoms with Crippen molar-refractivity contribution >= 4 is 5.91 Å². The van der Waals surface area contributed by atoms with Crippen LogP contribution < -0.4 is 5.32 Å². The number of carbonyl (C=O) groups is 1. The van der Waals surface area contributed by atoms with E-state index in [4.69, 9.17) is 0 Å². The summed E-state index contributed by atoms with van der Waals surface area (Å²) in [6.07, 6.45) is 11.1. The topological polar surface area (TPSA) is 35.6 Å². The van der Waals surface area contributed by atoms with Gasteiger partial charge >= 0.3 is 0 Å². The molecule has 0 aromatic rings. The second kappa shape index (κ2) is 7.78. The van der Waals surface area contributed by atoms with Crippen LogP contribution in [0.25, 0.3) is 0 Å². The van der Waals surface area contributed by atoms with Crippen LogP contribution in [0.1, 0.15) is 57.8 Å². The van der Waals surface area contributed by atoms with Crippen LogP contribution in [0, 0.1) is 5.92 Å². The molecule has 0 radical (unpaired) electrons. The highest BCUT2D eigenvalue weighted by Gasteiger charge is 2.31. The van der Waals surface area contributed by atoms with Gasteiger partial charge in [-0.25, -0.2) is 0 Å². The van der Waals surface area contributed by atoms with Gasteiger partial charge in [0.2, 0.25) is 5.91 Å². The van der Waals surface area contributed by atoms with Gasteiger partial charge in [0.05, 0.1) is 5.92 Å². The van der Waals surface area contributed by atoms with E-state index in [2.05, 4.69) is 22.2 Å². The molecule has 0 unspecified atom stereocenters. The molecule has 3 aliphatic rings. The smallest absolute Gasteiger partial charge is 0.224 e. The van der Waals surface area contributed by atoms with Crippen LogP contribution in [-0.2, 0) is 4.79 Å². The summed E-state index contributed by atoms with van der Waals surface area (Å²) in [7, 11) is 2.22. The predicted octanol–water partition coefficient (Wildman–Crippen LogP) is 2.24. The van der Waals surface area contributed by atoms with Crippen LogP contribution in [-0.4, -0.2) is 61.0 Å². The molecule has 1 atom stereocenters. The molecule has 2 aliphatic heterocycles. The fraction of sp³-hybridized carbons (Fsp3) is 0.944. The summed E-state index contributed by atoms with van der Waals surface area (Å²) in [4.78, 5) is 17.6. The third-order valence-corrected chi connectivity index (χ3v) is 5.98. The Morgan fingerprint density at radius 3 is 2.36 bits per heavy atom. The van der Waals surface area contributed by atoms with Gasteiger partial charge < -0.3 is 10.2 Å². The Labute approximate surface area is 135 Å². The molecule has 22 heavy (non-hydrogen) atoms. The Morgan fingerprint density at radius 1 is 0.909 bits per heavy atom. The summed E-state index contributed by atoms with van der Waals surface area (Å²) < 4.78 is 0. The van der Waals surface area contributed by atoms with Crippen molar-refractivity contribution in [2.24, 2.45) is 5.92 Å². The van der Waals surface area contributed by atoms with Gasteiger partial charge in [-0.2, -0.15) is 0 Å². The summed E-state index contributed by atoms with van der Waals surface area (Å²) in [5.74, 6) is 0.569. The van der Waals surface area contributed by atoms with E-state index in [1.807, 2.05) is 0 Å². The molecule has 0 aromatic heterocycles. The van der Waals surface area contributed by atoms with E-state index < -0.39 is 0 Å². The number of likely N-dealkylation sites (tertiary alicyclic amines) is 2. The molecule has 3 rings (SSSR count). The summed E-state index contributed by atoms with van der Waals surface area (Å²) in [6, 6.07) is 1.17. The normalized spacial score (nSPS) is 30.3. The summed E-state index contributed by atoms with van der Waals surface area (Å²) in [5.41, 5.74) is 0. The first-order valence-electron chi connectivity index (χ1n) is 9.45. The molecule has 2 saturated heterocycles. The number of rotatable bonds is 3. The third kappa shape index (κ3) is 4.23. The monoisotopic (exact) mass is 307 g/mol. The van der Waals surface area contributed by atoms with Crippen molar-refractivity contribution in [3.63, 3.8) is 0 Å². The summed E-state index contributed by atoms with van der Waals surface area (Å²) >= 11 is 0. The zero-order chi connectivity index (χ0) is 15.4. The molecule has 0 bridgehead atoms. The van der Waals surface area contributed by atoms with Crippen molar-refractivity contribution < 1.29 is 4.79 Å². The zero-order valence-electron chi connectivity index (χ0n) is 14.2. The van der Waals surface area contributed by atoms with E-state index in [0.717, 1.165) is 13.0 Å². The van der Waals surface area contributed by atoms with Crippen LogP contribution in [0.5, 0.6) is 0 Å². The van der Waals surface area contributed by atoms with Gasteiger partial charge in [0.1, 0.15) is 0 Å². The first kappa shape index (κ1) is 16.3. The van der Waals surface area contributed by atoms with Gasteiger partial charge in [0.15, 0.2) is 0 Å². The van der Waals surface area contributed by atoms with Gasteiger partial charge in [0.25, 0.3) is 0 Å². The fourth-order valence-corrected chi connectivity index (χ4v) is 4.48. The van der Waals surface area contributed by atoms with E-state index in [1.54, 1.807) is 0 Å². The van der Waals surface area contributed by atoms with Gasteiger partial charge in [-0.15, -0.1) is 0 Å². The Hall–Kier alpha value is -0.610. The molecule has 2 heterocycles. The number of carbonyl (C=O) groups excluding carboxylic acids is 1. The number of nitrogens with one attached hydrogen (secondary N) is 1. The molecule has 1 amide bonds. The van der Waals surface area contributed by atoms with Crippen LogP contribution in [0.3, 0.4) is 0 Å². The molecule has 1 aliphatic carbocycles. The van der Waals surface area contributed by atoms with Gasteiger partial charge in [-0.3, -0.25) is 9.69 Å².